The van der Waals surface area contributed by atoms with Crippen molar-refractivity contribution in [2.75, 3.05) is 0 Å². The number of aromatic nitrogens is 2. The number of benzene rings is 4. The lowest BCUT2D eigenvalue weighted by Gasteiger charge is -2.30. The molecule has 0 spiro atoms. The molecule has 2 unspecified atom stereocenters. The van der Waals surface area contributed by atoms with Crippen LogP contribution >= 0.6 is 0 Å². The fraction of sp³-hybridized carbons (Fsp3) is 0.158. The molecule has 0 radical (unpaired) electrons. The summed E-state index contributed by atoms with van der Waals surface area (Å²) in [5, 5.41) is 0. The Bertz CT molecular complexity index is 2080. The number of hydrogen-bond donors (Lipinski definition) is 0. The second-order valence-corrected chi connectivity index (χ2v) is 12.3. The van der Waals surface area contributed by atoms with Crippen LogP contribution in [-0.2, 0) is 10.8 Å². The summed E-state index contributed by atoms with van der Waals surface area (Å²) < 4.78 is 87.5. The second-order valence-electron chi connectivity index (χ2n) is 12.3. The average molecular weight is 623 g/mol. The first-order valence-corrected chi connectivity index (χ1v) is 14.7. The van der Waals surface area contributed by atoms with Crippen LogP contribution in [0.15, 0.2) is 109 Å². The fourth-order valence-electron chi connectivity index (χ4n) is 7.24. The van der Waals surface area contributed by atoms with Crippen molar-refractivity contribution < 1.29 is 26.3 Å². The van der Waals surface area contributed by atoms with E-state index in [0.29, 0.717) is 55.8 Å². The van der Waals surface area contributed by atoms with Gasteiger partial charge in [0.15, 0.2) is 0 Å². The molecular weight excluding hydrogens is 598 g/mol. The Hall–Kier alpha value is -4.98. The van der Waals surface area contributed by atoms with Crippen LogP contribution in [0.25, 0.3) is 55.8 Å². The van der Waals surface area contributed by atoms with Crippen LogP contribution in [0.1, 0.15) is 36.1 Å². The van der Waals surface area contributed by atoms with E-state index in [4.69, 9.17) is 9.97 Å². The molecule has 0 saturated carbocycles. The van der Waals surface area contributed by atoms with E-state index in [9.17, 15) is 26.3 Å². The Morgan fingerprint density at radius 3 is 1.20 bits per heavy atom. The summed E-state index contributed by atoms with van der Waals surface area (Å²) in [6, 6.07) is 30.2. The first kappa shape index (κ1) is 28.5. The van der Waals surface area contributed by atoms with Gasteiger partial charge in [-0.2, -0.15) is 26.3 Å². The van der Waals surface area contributed by atoms with Gasteiger partial charge in [-0.3, -0.25) is 0 Å². The molecule has 2 heterocycles. The van der Waals surface area contributed by atoms with Gasteiger partial charge >= 0.3 is 12.4 Å². The monoisotopic (exact) mass is 622 g/mol. The first-order valence-electron chi connectivity index (χ1n) is 14.7. The zero-order valence-electron chi connectivity index (χ0n) is 24.6. The third kappa shape index (κ3) is 3.73. The van der Waals surface area contributed by atoms with Gasteiger partial charge in [0.2, 0.25) is 0 Å². The van der Waals surface area contributed by atoms with Crippen LogP contribution in [0.4, 0.5) is 26.3 Å². The molecule has 0 bridgehead atoms. The average Bonchev–Trinajstić information content (AvgIpc) is 3.47. The lowest BCUT2D eigenvalue weighted by Crippen LogP contribution is -2.38. The maximum Gasteiger partial charge on any atom is 0.402 e. The summed E-state index contributed by atoms with van der Waals surface area (Å²) in [7, 11) is 0. The van der Waals surface area contributed by atoms with Crippen molar-refractivity contribution in [3.8, 4) is 44.8 Å². The number of hydrogen-bond acceptors (Lipinski definition) is 2. The smallest absolute Gasteiger partial charge is 0.246 e. The van der Waals surface area contributed by atoms with Gasteiger partial charge in [0.25, 0.3) is 0 Å². The predicted molar refractivity (Wildman–Crippen MR) is 166 cm³/mol. The highest BCUT2D eigenvalue weighted by Gasteiger charge is 2.59. The van der Waals surface area contributed by atoms with Crippen molar-refractivity contribution in [3.05, 3.63) is 131 Å². The Kier molecular flexibility index (Phi) is 5.75. The minimum Gasteiger partial charge on any atom is -0.246 e. The lowest BCUT2D eigenvalue weighted by molar-refractivity contribution is -0.172. The van der Waals surface area contributed by atoms with Crippen LogP contribution in [0.2, 0.25) is 0 Å². The number of halogens is 6. The maximum atomic E-state index is 14.6. The topological polar surface area (TPSA) is 25.8 Å². The van der Waals surface area contributed by atoms with E-state index in [0.717, 1.165) is 0 Å². The molecule has 8 rings (SSSR count). The van der Waals surface area contributed by atoms with E-state index in [1.165, 1.54) is 26.0 Å². The summed E-state index contributed by atoms with van der Waals surface area (Å²) in [5.74, 6) is 0. The molecule has 2 nitrogen and oxygen atoms in total. The van der Waals surface area contributed by atoms with Crippen molar-refractivity contribution in [3.63, 3.8) is 0 Å². The summed E-state index contributed by atoms with van der Waals surface area (Å²) in [4.78, 5) is 9.43. The molecule has 2 aliphatic carbocycles. The second kappa shape index (κ2) is 9.28. The number of rotatable bonds is 2. The summed E-state index contributed by atoms with van der Waals surface area (Å²) in [5.41, 5.74) is 1.79. The predicted octanol–water partition coefficient (Wildman–Crippen LogP) is 10.7. The van der Waals surface area contributed by atoms with E-state index in [1.807, 2.05) is 0 Å². The minimum absolute atomic E-state index is 0.179. The zero-order chi connectivity index (χ0) is 32.2. The molecule has 0 N–H and O–H groups in total. The largest absolute Gasteiger partial charge is 0.402 e. The van der Waals surface area contributed by atoms with Gasteiger partial charge in [0.1, 0.15) is 10.8 Å². The Morgan fingerprint density at radius 1 is 0.435 bits per heavy atom. The molecule has 2 aromatic heterocycles. The number of pyridine rings is 2. The molecule has 228 valence electrons. The quantitative estimate of drug-likeness (QED) is 0.180. The maximum absolute atomic E-state index is 14.6. The van der Waals surface area contributed by atoms with Crippen molar-refractivity contribution in [2.45, 2.75) is 37.0 Å². The molecule has 0 saturated heterocycles. The van der Waals surface area contributed by atoms with E-state index in [2.05, 4.69) is 0 Å². The summed E-state index contributed by atoms with van der Waals surface area (Å²) in [6.07, 6.45) is -9.02. The molecule has 4 aromatic carbocycles. The van der Waals surface area contributed by atoms with Crippen molar-refractivity contribution in [2.24, 2.45) is 0 Å². The molecule has 0 fully saturated rings. The third-order valence-corrected chi connectivity index (χ3v) is 9.90. The van der Waals surface area contributed by atoms with E-state index >= 15 is 0 Å². The normalized spacial score (nSPS) is 19.9. The van der Waals surface area contributed by atoms with Gasteiger partial charge in [-0.15, -0.1) is 0 Å². The van der Waals surface area contributed by atoms with Crippen LogP contribution in [0.5, 0.6) is 0 Å². The van der Waals surface area contributed by atoms with E-state index in [1.54, 1.807) is 97.1 Å². The Balaban J connectivity index is 1.18. The van der Waals surface area contributed by atoms with Crippen LogP contribution < -0.4 is 0 Å². The highest BCUT2D eigenvalue weighted by Crippen LogP contribution is 2.58. The molecule has 0 aliphatic heterocycles. The fourth-order valence-corrected chi connectivity index (χ4v) is 7.24. The van der Waals surface area contributed by atoms with E-state index in [-0.39, 0.29) is 22.3 Å². The van der Waals surface area contributed by atoms with Crippen molar-refractivity contribution in [1.82, 2.24) is 9.97 Å². The van der Waals surface area contributed by atoms with Crippen LogP contribution in [0, 0.1) is 0 Å². The molecule has 8 heteroatoms. The zero-order valence-corrected chi connectivity index (χ0v) is 24.6. The summed E-state index contributed by atoms with van der Waals surface area (Å²) >= 11 is 0. The Morgan fingerprint density at radius 2 is 0.804 bits per heavy atom. The van der Waals surface area contributed by atoms with Gasteiger partial charge in [-0.25, -0.2) is 9.97 Å². The van der Waals surface area contributed by atoms with E-state index < -0.39 is 23.2 Å². The van der Waals surface area contributed by atoms with Crippen LogP contribution in [-0.4, -0.2) is 22.3 Å². The lowest BCUT2D eigenvalue weighted by atomic mass is 9.79. The van der Waals surface area contributed by atoms with Crippen molar-refractivity contribution >= 4 is 11.0 Å². The molecule has 6 aromatic rings. The molecule has 2 atom stereocenters. The standard InChI is InChI=1S/C38H24F6N2/c1-35(37(39,40)41)27-9-5-3-7-23(27)25-13-11-21(19-29(25)35)31-15-17-34-33(45-31)18-16-32(46-34)22-12-14-26-24-8-4-6-10-28(24)36(2,30(26)20-22)38(42,43)44/h3-20H,1-2H3. The van der Waals surface area contributed by atoms with Gasteiger partial charge in [0, 0.05) is 11.1 Å². The number of nitrogens with zero attached hydrogens (tertiary/aromatic N) is 2. The SMILES string of the molecule is CC1(C(F)(F)F)c2ccccc2-c2ccc(-c3ccc4nc(-c5ccc6c(c5)C(C)(C(F)(F)F)c5ccccc5-6)ccc4n3)cc21. The minimum atomic E-state index is -4.51. The first-order chi connectivity index (χ1) is 21.8. The molecule has 0 amide bonds. The summed E-state index contributed by atoms with van der Waals surface area (Å²) in [6.45, 7) is 2.44. The van der Waals surface area contributed by atoms with Crippen molar-refractivity contribution in [1.29, 1.82) is 0 Å². The number of fused-ring (bicyclic) bond motifs is 7. The van der Waals surface area contributed by atoms with Gasteiger partial charge in [-0.1, -0.05) is 72.8 Å². The highest BCUT2D eigenvalue weighted by molar-refractivity contribution is 5.87. The van der Waals surface area contributed by atoms with Gasteiger partial charge in [-0.05, 0) is 94.8 Å². The van der Waals surface area contributed by atoms with Gasteiger partial charge in [0.05, 0.1) is 22.4 Å². The molecule has 2 aliphatic rings. The Labute approximate surface area is 260 Å². The number of alkyl halides is 6. The van der Waals surface area contributed by atoms with Gasteiger partial charge < -0.3 is 0 Å². The highest BCUT2D eigenvalue weighted by atomic mass is 19.4. The molecular formula is C38H24F6N2. The molecule has 46 heavy (non-hydrogen) atoms. The third-order valence-electron chi connectivity index (χ3n) is 9.90. The van der Waals surface area contributed by atoms with Crippen LogP contribution in [0.3, 0.4) is 0 Å².